The number of nitrogens with one attached hydrogen (secondary N) is 1. The second-order valence-electron chi connectivity index (χ2n) is 3.91. The number of benzene rings is 1. The van der Waals surface area contributed by atoms with Gasteiger partial charge >= 0.3 is 0 Å². The fourth-order valence-electron chi connectivity index (χ4n) is 1.76. The van der Waals surface area contributed by atoms with Gasteiger partial charge < -0.3 is 10.1 Å². The summed E-state index contributed by atoms with van der Waals surface area (Å²) in [5.41, 5.74) is 1.03. The molecule has 0 radical (unpaired) electrons. The first-order valence-electron chi connectivity index (χ1n) is 5.41. The number of hydrogen-bond donors (Lipinski definition) is 1. The maximum absolute atomic E-state index is 12.6. The summed E-state index contributed by atoms with van der Waals surface area (Å²) in [6, 6.07) is 6.48. The van der Waals surface area contributed by atoms with Crippen LogP contribution in [0.15, 0.2) is 24.3 Å². The summed E-state index contributed by atoms with van der Waals surface area (Å²) in [7, 11) is 0. The van der Waals surface area contributed by atoms with Crippen LogP contribution in [0.4, 0.5) is 4.39 Å². The Morgan fingerprint density at radius 3 is 2.80 bits per heavy atom. The zero-order chi connectivity index (χ0) is 10.5. The second-order valence-corrected chi connectivity index (χ2v) is 3.91. The Morgan fingerprint density at radius 1 is 1.33 bits per heavy atom. The smallest absolute Gasteiger partial charge is 0.123 e. The van der Waals surface area contributed by atoms with Crippen LogP contribution in [0.25, 0.3) is 0 Å². The van der Waals surface area contributed by atoms with E-state index in [0.29, 0.717) is 12.7 Å². The molecule has 1 atom stereocenters. The lowest BCUT2D eigenvalue weighted by molar-refractivity contribution is 0.0253. The van der Waals surface area contributed by atoms with Gasteiger partial charge in [-0.15, -0.1) is 0 Å². The Hall–Kier alpha value is -0.930. The molecule has 1 aliphatic heterocycles. The third-order valence-corrected chi connectivity index (χ3v) is 2.65. The van der Waals surface area contributed by atoms with E-state index in [1.54, 1.807) is 12.1 Å². The first kappa shape index (κ1) is 10.6. The lowest BCUT2D eigenvalue weighted by atomic mass is 10.1. The third kappa shape index (κ3) is 3.29. The van der Waals surface area contributed by atoms with Crippen LogP contribution in [0.2, 0.25) is 0 Å². The van der Waals surface area contributed by atoms with Gasteiger partial charge in [-0.3, -0.25) is 0 Å². The average Bonchev–Trinajstić information content (AvgIpc) is 2.30. The lowest BCUT2D eigenvalue weighted by Crippen LogP contribution is -2.35. The number of ether oxygens (including phenoxy) is 1. The van der Waals surface area contributed by atoms with E-state index in [-0.39, 0.29) is 5.82 Å². The Balaban J connectivity index is 1.79. The molecule has 3 heteroatoms. The summed E-state index contributed by atoms with van der Waals surface area (Å²) in [6.07, 6.45) is 2.60. The van der Waals surface area contributed by atoms with Crippen molar-refractivity contribution in [2.45, 2.75) is 25.6 Å². The molecule has 1 fully saturated rings. The molecule has 1 aromatic carbocycles. The molecule has 82 valence electrons. The molecule has 1 saturated heterocycles. The van der Waals surface area contributed by atoms with Crippen LogP contribution in [-0.2, 0) is 11.3 Å². The Labute approximate surface area is 89.4 Å². The van der Waals surface area contributed by atoms with Gasteiger partial charge in [0.15, 0.2) is 0 Å². The van der Waals surface area contributed by atoms with E-state index in [1.165, 1.54) is 18.6 Å². The monoisotopic (exact) mass is 209 g/mol. The molecule has 2 nitrogen and oxygen atoms in total. The van der Waals surface area contributed by atoms with Crippen LogP contribution in [0.1, 0.15) is 18.4 Å². The number of rotatable bonds is 3. The topological polar surface area (TPSA) is 21.3 Å². The van der Waals surface area contributed by atoms with Gasteiger partial charge in [-0.1, -0.05) is 12.1 Å². The molecule has 1 heterocycles. The first-order chi connectivity index (χ1) is 7.34. The zero-order valence-electron chi connectivity index (χ0n) is 8.71. The average molecular weight is 209 g/mol. The van der Waals surface area contributed by atoms with E-state index in [0.717, 1.165) is 25.1 Å². The van der Waals surface area contributed by atoms with Crippen molar-refractivity contribution in [3.05, 3.63) is 35.6 Å². The van der Waals surface area contributed by atoms with Crippen molar-refractivity contribution < 1.29 is 9.13 Å². The van der Waals surface area contributed by atoms with E-state index in [9.17, 15) is 4.39 Å². The van der Waals surface area contributed by atoms with Crippen molar-refractivity contribution in [2.75, 3.05) is 13.1 Å². The van der Waals surface area contributed by atoms with E-state index in [4.69, 9.17) is 4.74 Å². The Bertz CT molecular complexity index is 293. The molecule has 1 N–H and O–H groups in total. The van der Waals surface area contributed by atoms with Gasteiger partial charge in [-0.2, -0.15) is 0 Å². The number of halogens is 1. The normalized spacial score (nSPS) is 21.5. The van der Waals surface area contributed by atoms with E-state index in [2.05, 4.69) is 5.32 Å². The highest BCUT2D eigenvalue weighted by atomic mass is 19.1. The molecule has 0 amide bonds. The fraction of sp³-hybridized carbons (Fsp3) is 0.500. The van der Waals surface area contributed by atoms with Crippen LogP contribution < -0.4 is 5.32 Å². The second kappa shape index (κ2) is 5.24. The zero-order valence-corrected chi connectivity index (χ0v) is 8.71. The van der Waals surface area contributed by atoms with Gasteiger partial charge in [0.05, 0.1) is 12.7 Å². The molecular weight excluding hydrogens is 193 g/mol. The summed E-state index contributed by atoms with van der Waals surface area (Å²) in [5.74, 6) is -0.196. The standard InChI is InChI=1S/C12H16FNO/c13-11-5-3-10(4-6-11)9-15-12-2-1-7-14-8-12/h3-6,12,14H,1-2,7-9H2/t12-/m1/s1. The summed E-state index contributed by atoms with van der Waals surface area (Å²) in [6.45, 7) is 2.60. The fourth-order valence-corrected chi connectivity index (χ4v) is 1.76. The lowest BCUT2D eigenvalue weighted by Gasteiger charge is -2.23. The molecule has 0 aromatic heterocycles. The molecule has 1 aromatic rings. The van der Waals surface area contributed by atoms with Gasteiger partial charge in [-0.25, -0.2) is 4.39 Å². The molecule has 1 aliphatic rings. The quantitative estimate of drug-likeness (QED) is 0.823. The Kier molecular flexibility index (Phi) is 3.69. The van der Waals surface area contributed by atoms with Crippen molar-refractivity contribution in [1.29, 1.82) is 0 Å². The van der Waals surface area contributed by atoms with Crippen molar-refractivity contribution in [3.63, 3.8) is 0 Å². The van der Waals surface area contributed by atoms with Crippen molar-refractivity contribution in [3.8, 4) is 0 Å². The summed E-state index contributed by atoms with van der Waals surface area (Å²) < 4.78 is 18.4. The van der Waals surface area contributed by atoms with Crippen molar-refractivity contribution >= 4 is 0 Å². The molecule has 0 bridgehead atoms. The molecule has 0 spiro atoms. The first-order valence-corrected chi connectivity index (χ1v) is 5.41. The van der Waals surface area contributed by atoms with Gasteiger partial charge in [0.25, 0.3) is 0 Å². The predicted molar refractivity (Wildman–Crippen MR) is 57.1 cm³/mol. The molecule has 0 unspecified atom stereocenters. The number of piperidine rings is 1. The SMILES string of the molecule is Fc1ccc(CO[C@@H]2CCCNC2)cc1. The highest BCUT2D eigenvalue weighted by Gasteiger charge is 2.12. The maximum Gasteiger partial charge on any atom is 0.123 e. The van der Waals surface area contributed by atoms with Crippen LogP contribution >= 0.6 is 0 Å². The van der Waals surface area contributed by atoms with Gasteiger partial charge in [-0.05, 0) is 37.1 Å². The van der Waals surface area contributed by atoms with Crippen molar-refractivity contribution in [1.82, 2.24) is 5.32 Å². The molecule has 0 saturated carbocycles. The van der Waals surface area contributed by atoms with Crippen LogP contribution in [0.5, 0.6) is 0 Å². The highest BCUT2D eigenvalue weighted by molar-refractivity contribution is 5.14. The molecule has 2 rings (SSSR count). The molecule has 0 aliphatic carbocycles. The number of hydrogen-bond acceptors (Lipinski definition) is 2. The minimum Gasteiger partial charge on any atom is -0.372 e. The minimum atomic E-state index is -0.196. The van der Waals surface area contributed by atoms with Crippen molar-refractivity contribution in [2.24, 2.45) is 0 Å². The van der Waals surface area contributed by atoms with Crippen LogP contribution in [0, 0.1) is 5.82 Å². The summed E-state index contributed by atoms with van der Waals surface area (Å²) in [5, 5.41) is 3.30. The van der Waals surface area contributed by atoms with Gasteiger partial charge in [0.1, 0.15) is 5.82 Å². The van der Waals surface area contributed by atoms with Crippen LogP contribution in [0.3, 0.4) is 0 Å². The van der Waals surface area contributed by atoms with E-state index < -0.39 is 0 Å². The van der Waals surface area contributed by atoms with E-state index in [1.807, 2.05) is 0 Å². The summed E-state index contributed by atoms with van der Waals surface area (Å²) in [4.78, 5) is 0. The third-order valence-electron chi connectivity index (χ3n) is 2.65. The highest BCUT2D eigenvalue weighted by Crippen LogP contribution is 2.10. The molecular formula is C12H16FNO. The van der Waals surface area contributed by atoms with Crippen LogP contribution in [-0.4, -0.2) is 19.2 Å². The predicted octanol–water partition coefficient (Wildman–Crippen LogP) is 2.09. The maximum atomic E-state index is 12.6. The van der Waals surface area contributed by atoms with Gasteiger partial charge in [0, 0.05) is 6.54 Å². The molecule has 15 heavy (non-hydrogen) atoms. The Morgan fingerprint density at radius 2 is 2.13 bits per heavy atom. The van der Waals surface area contributed by atoms with E-state index >= 15 is 0 Å². The minimum absolute atomic E-state index is 0.196. The van der Waals surface area contributed by atoms with Gasteiger partial charge in [0.2, 0.25) is 0 Å². The summed E-state index contributed by atoms with van der Waals surface area (Å²) >= 11 is 0. The largest absolute Gasteiger partial charge is 0.372 e.